The smallest absolute Gasteiger partial charge is 0.127 e. The van der Waals surface area contributed by atoms with Crippen molar-refractivity contribution in [2.75, 3.05) is 0 Å². The van der Waals surface area contributed by atoms with E-state index in [2.05, 4.69) is 0 Å². The fraction of sp³-hybridized carbons (Fsp3) is 0.294. The van der Waals surface area contributed by atoms with Gasteiger partial charge in [0.05, 0.1) is 6.10 Å². The van der Waals surface area contributed by atoms with Crippen LogP contribution in [0.2, 0.25) is 0 Å². The molecule has 0 bridgehead atoms. The van der Waals surface area contributed by atoms with Crippen LogP contribution in [0.25, 0.3) is 11.1 Å². The monoisotopic (exact) mass is 270 g/mol. The van der Waals surface area contributed by atoms with E-state index in [9.17, 15) is 10.2 Å². The van der Waals surface area contributed by atoms with Crippen molar-refractivity contribution >= 4 is 0 Å². The highest BCUT2D eigenvalue weighted by Gasteiger charge is 2.17. The van der Waals surface area contributed by atoms with E-state index in [-0.39, 0.29) is 17.6 Å². The third-order valence-corrected chi connectivity index (χ3v) is 3.75. The van der Waals surface area contributed by atoms with Gasteiger partial charge in [-0.05, 0) is 55.5 Å². The normalized spacial score (nSPS) is 15.4. The summed E-state index contributed by atoms with van der Waals surface area (Å²) in [4.78, 5) is 0. The van der Waals surface area contributed by atoms with Gasteiger partial charge in [-0.3, -0.25) is 0 Å². The third kappa shape index (κ3) is 2.72. The second-order valence-corrected chi connectivity index (χ2v) is 5.25. The Labute approximate surface area is 118 Å². The van der Waals surface area contributed by atoms with Crippen molar-refractivity contribution in [3.63, 3.8) is 0 Å². The Morgan fingerprint density at radius 3 is 2.25 bits per heavy atom. The van der Waals surface area contributed by atoms with Crippen LogP contribution < -0.4 is 4.74 Å². The van der Waals surface area contributed by atoms with Gasteiger partial charge < -0.3 is 14.9 Å². The third-order valence-electron chi connectivity index (χ3n) is 3.75. The number of hydrogen-bond donors (Lipinski definition) is 2. The Morgan fingerprint density at radius 2 is 1.60 bits per heavy atom. The first-order chi connectivity index (χ1) is 9.72. The molecule has 3 rings (SSSR count). The van der Waals surface area contributed by atoms with Crippen molar-refractivity contribution in [2.24, 2.45) is 0 Å². The van der Waals surface area contributed by atoms with Crippen molar-refractivity contribution in [1.82, 2.24) is 0 Å². The number of ether oxygens (including phenoxy) is 1. The predicted octanol–water partition coefficient (Wildman–Crippen LogP) is 4.09. The number of aromatic hydroxyl groups is 2. The SMILES string of the molecule is Oc1ccc(-c2ccc(OC3CCCC3)cc2O)cc1. The number of benzene rings is 2. The number of rotatable bonds is 3. The van der Waals surface area contributed by atoms with Crippen LogP contribution in [0.3, 0.4) is 0 Å². The molecule has 2 N–H and O–H groups in total. The Morgan fingerprint density at radius 1 is 0.900 bits per heavy atom. The van der Waals surface area contributed by atoms with Crippen molar-refractivity contribution < 1.29 is 14.9 Å². The van der Waals surface area contributed by atoms with Crippen LogP contribution in [0.5, 0.6) is 17.2 Å². The van der Waals surface area contributed by atoms with Gasteiger partial charge in [0, 0.05) is 11.6 Å². The maximum atomic E-state index is 10.1. The molecule has 0 amide bonds. The van der Waals surface area contributed by atoms with Gasteiger partial charge in [-0.2, -0.15) is 0 Å². The maximum Gasteiger partial charge on any atom is 0.127 e. The molecule has 0 saturated heterocycles. The summed E-state index contributed by atoms with van der Waals surface area (Å²) in [6.07, 6.45) is 4.93. The lowest BCUT2D eigenvalue weighted by Gasteiger charge is -2.14. The molecule has 20 heavy (non-hydrogen) atoms. The van der Waals surface area contributed by atoms with E-state index < -0.39 is 0 Å². The second kappa shape index (κ2) is 5.45. The van der Waals surface area contributed by atoms with Gasteiger partial charge in [-0.1, -0.05) is 12.1 Å². The van der Waals surface area contributed by atoms with E-state index in [0.29, 0.717) is 0 Å². The molecular formula is C17H18O3. The molecule has 2 aromatic carbocycles. The summed E-state index contributed by atoms with van der Waals surface area (Å²) < 4.78 is 5.87. The standard InChI is InChI=1S/C17H18O3/c18-13-7-5-12(6-8-13)16-10-9-15(11-17(16)19)20-14-3-1-2-4-14/h5-11,14,18-19H,1-4H2. The van der Waals surface area contributed by atoms with Crippen molar-refractivity contribution in [3.8, 4) is 28.4 Å². The fourth-order valence-electron chi connectivity index (χ4n) is 2.67. The molecule has 1 aliphatic carbocycles. The number of phenolic OH excluding ortho intramolecular Hbond substituents is 2. The number of hydrogen-bond acceptors (Lipinski definition) is 3. The molecule has 0 aliphatic heterocycles. The van der Waals surface area contributed by atoms with Gasteiger partial charge in [-0.15, -0.1) is 0 Å². The Balaban J connectivity index is 1.81. The Hall–Kier alpha value is -2.16. The van der Waals surface area contributed by atoms with E-state index in [1.807, 2.05) is 12.1 Å². The maximum absolute atomic E-state index is 10.1. The van der Waals surface area contributed by atoms with Gasteiger partial charge in [0.1, 0.15) is 17.2 Å². The van der Waals surface area contributed by atoms with Crippen LogP contribution in [0, 0.1) is 0 Å². The summed E-state index contributed by atoms with van der Waals surface area (Å²) in [6, 6.07) is 12.2. The highest BCUT2D eigenvalue weighted by Crippen LogP contribution is 2.34. The van der Waals surface area contributed by atoms with Gasteiger partial charge >= 0.3 is 0 Å². The van der Waals surface area contributed by atoms with E-state index in [0.717, 1.165) is 29.7 Å². The van der Waals surface area contributed by atoms with Crippen molar-refractivity contribution in [3.05, 3.63) is 42.5 Å². The zero-order chi connectivity index (χ0) is 13.9. The average molecular weight is 270 g/mol. The van der Waals surface area contributed by atoms with E-state index >= 15 is 0 Å². The topological polar surface area (TPSA) is 49.7 Å². The van der Waals surface area contributed by atoms with Crippen LogP contribution in [-0.4, -0.2) is 16.3 Å². The minimum Gasteiger partial charge on any atom is -0.508 e. The first kappa shape index (κ1) is 12.9. The lowest BCUT2D eigenvalue weighted by atomic mass is 10.0. The van der Waals surface area contributed by atoms with E-state index in [1.165, 1.54) is 12.8 Å². The zero-order valence-electron chi connectivity index (χ0n) is 11.2. The molecule has 1 saturated carbocycles. The second-order valence-electron chi connectivity index (χ2n) is 5.25. The quantitative estimate of drug-likeness (QED) is 0.883. The van der Waals surface area contributed by atoms with E-state index in [1.54, 1.807) is 30.3 Å². The van der Waals surface area contributed by atoms with Crippen molar-refractivity contribution in [2.45, 2.75) is 31.8 Å². The molecule has 0 radical (unpaired) electrons. The summed E-state index contributed by atoms with van der Waals surface area (Å²) in [5.41, 5.74) is 1.61. The van der Waals surface area contributed by atoms with Gasteiger partial charge in [0.25, 0.3) is 0 Å². The lowest BCUT2D eigenvalue weighted by Crippen LogP contribution is -2.10. The molecule has 104 valence electrons. The zero-order valence-corrected chi connectivity index (χ0v) is 11.2. The molecule has 1 fully saturated rings. The molecule has 0 aromatic heterocycles. The first-order valence-electron chi connectivity index (χ1n) is 7.01. The van der Waals surface area contributed by atoms with Gasteiger partial charge in [0.15, 0.2) is 0 Å². The largest absolute Gasteiger partial charge is 0.508 e. The van der Waals surface area contributed by atoms with Crippen LogP contribution in [0.15, 0.2) is 42.5 Å². The Bertz CT molecular complexity index is 584. The summed E-state index contributed by atoms with van der Waals surface area (Å²) >= 11 is 0. The summed E-state index contributed by atoms with van der Waals surface area (Å²) in [7, 11) is 0. The number of phenols is 2. The van der Waals surface area contributed by atoms with Gasteiger partial charge in [0.2, 0.25) is 0 Å². The molecule has 1 aliphatic rings. The highest BCUT2D eigenvalue weighted by molar-refractivity contribution is 5.71. The predicted molar refractivity (Wildman–Crippen MR) is 78.1 cm³/mol. The molecule has 3 heteroatoms. The molecule has 0 heterocycles. The summed E-state index contributed by atoms with van der Waals surface area (Å²) in [6.45, 7) is 0. The van der Waals surface area contributed by atoms with Crippen LogP contribution in [0.4, 0.5) is 0 Å². The first-order valence-corrected chi connectivity index (χ1v) is 7.01. The molecular weight excluding hydrogens is 252 g/mol. The lowest BCUT2D eigenvalue weighted by molar-refractivity contribution is 0.209. The van der Waals surface area contributed by atoms with Crippen molar-refractivity contribution in [1.29, 1.82) is 0 Å². The minimum atomic E-state index is 0.200. The minimum absolute atomic E-state index is 0.200. The van der Waals surface area contributed by atoms with Gasteiger partial charge in [-0.25, -0.2) is 0 Å². The van der Waals surface area contributed by atoms with Crippen LogP contribution >= 0.6 is 0 Å². The molecule has 0 unspecified atom stereocenters. The molecule has 3 nitrogen and oxygen atoms in total. The highest BCUT2D eigenvalue weighted by atomic mass is 16.5. The molecule has 0 spiro atoms. The molecule has 2 aromatic rings. The Kier molecular flexibility index (Phi) is 3.50. The summed E-state index contributed by atoms with van der Waals surface area (Å²) in [5.74, 6) is 1.14. The summed E-state index contributed by atoms with van der Waals surface area (Å²) in [5, 5.41) is 19.4. The van der Waals surface area contributed by atoms with E-state index in [4.69, 9.17) is 4.74 Å². The van der Waals surface area contributed by atoms with Crippen LogP contribution in [-0.2, 0) is 0 Å². The average Bonchev–Trinajstić information content (AvgIpc) is 2.93. The molecule has 0 atom stereocenters. The fourth-order valence-corrected chi connectivity index (χ4v) is 2.67. The van der Waals surface area contributed by atoms with Crippen LogP contribution in [0.1, 0.15) is 25.7 Å².